The number of rotatable bonds is 0. The molecule has 4 rings (SSSR count). The Hall–Kier alpha value is -0.146. The van der Waals surface area contributed by atoms with Gasteiger partial charge >= 0.3 is 0 Å². The van der Waals surface area contributed by atoms with E-state index in [2.05, 4.69) is 49.1 Å². The van der Waals surface area contributed by atoms with Gasteiger partial charge in [0.2, 0.25) is 0 Å². The van der Waals surface area contributed by atoms with Crippen LogP contribution >= 0.6 is 22.7 Å². The molecule has 1 atom stereocenters. The van der Waals surface area contributed by atoms with Gasteiger partial charge < -0.3 is 0 Å². The SMILES string of the molecule is CC1[CH-]c2ccccc2-c2sc3ccsc3c21.[Y]. The molecule has 1 unspecified atom stereocenters. The number of thiophene rings is 2. The monoisotopic (exact) mass is 344 g/mol. The second kappa shape index (κ2) is 4.75. The summed E-state index contributed by atoms with van der Waals surface area (Å²) in [5, 5.41) is 2.20. The maximum Gasteiger partial charge on any atom is 0.0473 e. The normalized spacial score (nSPS) is 16.6. The van der Waals surface area contributed by atoms with E-state index in [0.717, 1.165) is 0 Å². The van der Waals surface area contributed by atoms with Gasteiger partial charge in [0.1, 0.15) is 0 Å². The Balaban J connectivity index is 0.000001000. The van der Waals surface area contributed by atoms with Gasteiger partial charge in [-0.3, -0.25) is 0 Å². The fraction of sp³-hybridized carbons (Fsp3) is 0.133. The minimum Gasteiger partial charge on any atom is -0.183 e. The Morgan fingerprint density at radius 3 is 2.89 bits per heavy atom. The smallest absolute Gasteiger partial charge is 0.0473 e. The first-order valence-electron chi connectivity index (χ1n) is 5.79. The van der Waals surface area contributed by atoms with Crippen LogP contribution in [-0.2, 0) is 32.7 Å². The van der Waals surface area contributed by atoms with E-state index in [9.17, 15) is 0 Å². The van der Waals surface area contributed by atoms with Crippen LogP contribution in [0.3, 0.4) is 0 Å². The topological polar surface area (TPSA) is 0 Å². The van der Waals surface area contributed by atoms with Gasteiger partial charge in [-0.25, -0.2) is 0 Å². The van der Waals surface area contributed by atoms with E-state index >= 15 is 0 Å². The van der Waals surface area contributed by atoms with Crippen molar-refractivity contribution in [3.05, 3.63) is 53.3 Å². The Morgan fingerprint density at radius 2 is 2.00 bits per heavy atom. The number of benzene rings is 1. The van der Waals surface area contributed by atoms with Crippen LogP contribution in [0.1, 0.15) is 24.0 Å². The van der Waals surface area contributed by atoms with Gasteiger partial charge in [0.05, 0.1) is 0 Å². The summed E-state index contributed by atoms with van der Waals surface area (Å²) < 4.78 is 2.93. The van der Waals surface area contributed by atoms with Crippen molar-refractivity contribution in [2.24, 2.45) is 0 Å². The maximum absolute atomic E-state index is 2.39. The molecule has 0 bridgehead atoms. The third-order valence-corrected chi connectivity index (χ3v) is 5.70. The molecular formula is C15H11S2Y-. The Morgan fingerprint density at radius 1 is 1.17 bits per heavy atom. The fourth-order valence-electron chi connectivity index (χ4n) is 2.66. The first kappa shape index (κ1) is 12.9. The molecule has 1 radical (unpaired) electrons. The van der Waals surface area contributed by atoms with E-state index in [1.807, 2.05) is 22.7 Å². The summed E-state index contributed by atoms with van der Waals surface area (Å²) in [5.41, 5.74) is 4.34. The zero-order chi connectivity index (χ0) is 11.4. The van der Waals surface area contributed by atoms with Crippen molar-refractivity contribution in [1.29, 1.82) is 0 Å². The standard InChI is InChI=1S/C15H11S2.Y/c1-9-8-10-4-2-3-5-11(10)14-13(9)15-12(17-14)6-7-16-15;/h2-9H,1H3;/q-1;. The molecule has 3 heteroatoms. The molecule has 2 aromatic heterocycles. The maximum atomic E-state index is 2.39. The summed E-state index contributed by atoms with van der Waals surface area (Å²) in [6, 6.07) is 11.0. The van der Waals surface area contributed by atoms with Crippen molar-refractivity contribution in [2.45, 2.75) is 12.8 Å². The van der Waals surface area contributed by atoms with Gasteiger partial charge in [0.15, 0.2) is 0 Å². The van der Waals surface area contributed by atoms with Crippen molar-refractivity contribution >= 4 is 32.1 Å². The van der Waals surface area contributed by atoms with E-state index in [1.54, 1.807) is 5.56 Å². The molecular weight excluding hydrogens is 333 g/mol. The van der Waals surface area contributed by atoms with E-state index in [4.69, 9.17) is 0 Å². The van der Waals surface area contributed by atoms with Crippen molar-refractivity contribution in [1.82, 2.24) is 0 Å². The molecule has 0 nitrogen and oxygen atoms in total. The molecule has 3 aromatic rings. The summed E-state index contributed by atoms with van der Waals surface area (Å²) in [4.78, 5) is 1.48. The van der Waals surface area contributed by atoms with Crippen molar-refractivity contribution in [2.75, 3.05) is 0 Å². The number of hydrogen-bond acceptors (Lipinski definition) is 2. The molecule has 1 aliphatic rings. The Bertz CT molecular complexity index is 708. The van der Waals surface area contributed by atoms with Crippen LogP contribution in [0.15, 0.2) is 35.7 Å². The molecule has 0 amide bonds. The minimum absolute atomic E-state index is 0. The first-order valence-corrected chi connectivity index (χ1v) is 7.48. The molecule has 1 aromatic carbocycles. The van der Waals surface area contributed by atoms with Gasteiger partial charge in [0.25, 0.3) is 0 Å². The summed E-state index contributed by atoms with van der Waals surface area (Å²) in [6.07, 6.45) is 2.39. The summed E-state index contributed by atoms with van der Waals surface area (Å²) in [7, 11) is 0. The molecule has 0 aliphatic heterocycles. The largest absolute Gasteiger partial charge is 0.183 e. The van der Waals surface area contributed by atoms with Gasteiger partial charge in [-0.15, -0.1) is 40.4 Å². The third kappa shape index (κ3) is 1.74. The van der Waals surface area contributed by atoms with E-state index in [1.165, 1.54) is 25.4 Å². The zero-order valence-electron chi connectivity index (χ0n) is 10.0. The molecule has 0 fully saturated rings. The average molecular weight is 344 g/mol. The zero-order valence-corrected chi connectivity index (χ0v) is 14.5. The van der Waals surface area contributed by atoms with Gasteiger partial charge in [-0.05, 0) is 27.8 Å². The van der Waals surface area contributed by atoms with Gasteiger partial charge in [-0.2, -0.15) is 18.1 Å². The van der Waals surface area contributed by atoms with Gasteiger partial charge in [0, 0.05) is 42.1 Å². The predicted molar refractivity (Wildman–Crippen MR) is 77.0 cm³/mol. The summed E-state index contributed by atoms with van der Waals surface area (Å²) in [5.74, 6) is 0.535. The number of hydrogen-bond donors (Lipinski definition) is 0. The second-order valence-electron chi connectivity index (χ2n) is 4.50. The van der Waals surface area contributed by atoms with Crippen molar-refractivity contribution < 1.29 is 32.7 Å². The summed E-state index contributed by atoms with van der Waals surface area (Å²) >= 11 is 3.82. The van der Waals surface area contributed by atoms with Gasteiger partial charge in [-0.1, -0.05) is 13.0 Å². The number of fused-ring (bicyclic) bond motifs is 5. The average Bonchev–Trinajstić information content (AvgIpc) is 2.88. The minimum atomic E-state index is 0. The molecule has 0 saturated carbocycles. The molecule has 0 saturated heterocycles. The predicted octanol–water partition coefficient (Wildman–Crippen LogP) is 5.30. The van der Waals surface area contributed by atoms with Crippen LogP contribution in [0.4, 0.5) is 0 Å². The first-order chi connectivity index (χ1) is 8.34. The van der Waals surface area contributed by atoms with Crippen LogP contribution in [0, 0.1) is 6.42 Å². The van der Waals surface area contributed by atoms with Crippen LogP contribution in [0.25, 0.3) is 19.8 Å². The van der Waals surface area contributed by atoms with E-state index in [-0.39, 0.29) is 32.7 Å². The third-order valence-electron chi connectivity index (χ3n) is 3.42. The van der Waals surface area contributed by atoms with E-state index < -0.39 is 0 Å². The Labute approximate surface area is 140 Å². The molecule has 2 heterocycles. The van der Waals surface area contributed by atoms with Crippen LogP contribution in [-0.4, -0.2) is 0 Å². The summed E-state index contributed by atoms with van der Waals surface area (Å²) in [6.45, 7) is 2.31. The van der Waals surface area contributed by atoms with Crippen molar-refractivity contribution in [3.63, 3.8) is 0 Å². The van der Waals surface area contributed by atoms with Crippen LogP contribution in [0.5, 0.6) is 0 Å². The Kier molecular flexibility index (Phi) is 3.40. The quantitative estimate of drug-likeness (QED) is 0.486. The molecule has 87 valence electrons. The van der Waals surface area contributed by atoms with Crippen LogP contribution < -0.4 is 0 Å². The van der Waals surface area contributed by atoms with Crippen LogP contribution in [0.2, 0.25) is 0 Å². The second-order valence-corrected chi connectivity index (χ2v) is 6.47. The molecule has 1 aliphatic carbocycles. The van der Waals surface area contributed by atoms with Crippen molar-refractivity contribution in [3.8, 4) is 10.4 Å². The fourth-order valence-corrected chi connectivity index (χ4v) is 5.27. The van der Waals surface area contributed by atoms with E-state index in [0.29, 0.717) is 5.92 Å². The molecule has 0 N–H and O–H groups in total. The molecule has 18 heavy (non-hydrogen) atoms. The molecule has 0 spiro atoms.